The SMILES string of the molecule is CCC(=O)N[C@@H](C(O)N1CCN(C)CC1)[C@@H](C)c1ccc(NC(=O)[C@@H](NC(=O)c2ccnn2CC)C2CCC(C(F)(F)F)CC2)c(F)c1. The minimum Gasteiger partial charge on any atom is -0.376 e. The number of anilines is 1. The van der Waals surface area contributed by atoms with Crippen LogP contribution in [-0.4, -0.2) is 100 Å². The molecule has 2 fully saturated rings. The van der Waals surface area contributed by atoms with Crippen LogP contribution in [0.1, 0.15) is 74.8 Å². The first-order valence-electron chi connectivity index (χ1n) is 16.6. The van der Waals surface area contributed by atoms with Crippen LogP contribution in [0.25, 0.3) is 0 Å². The summed E-state index contributed by atoms with van der Waals surface area (Å²) in [6.45, 7) is 8.33. The van der Waals surface area contributed by atoms with Crippen molar-refractivity contribution in [1.82, 2.24) is 30.2 Å². The van der Waals surface area contributed by atoms with Gasteiger partial charge in [0.2, 0.25) is 11.8 Å². The van der Waals surface area contributed by atoms with Gasteiger partial charge in [0.25, 0.3) is 5.91 Å². The second-order valence-electron chi connectivity index (χ2n) is 12.9. The third-order valence-corrected chi connectivity index (χ3v) is 9.72. The van der Waals surface area contributed by atoms with E-state index in [1.165, 1.54) is 29.1 Å². The first kappa shape index (κ1) is 37.3. The number of nitrogens with zero attached hydrogens (tertiary/aromatic N) is 4. The lowest BCUT2D eigenvalue weighted by Crippen LogP contribution is -2.58. The summed E-state index contributed by atoms with van der Waals surface area (Å²) in [5.41, 5.74) is 0.488. The van der Waals surface area contributed by atoms with Gasteiger partial charge in [0.15, 0.2) is 0 Å². The zero-order chi connectivity index (χ0) is 35.2. The lowest BCUT2D eigenvalue weighted by atomic mass is 9.78. The maximum atomic E-state index is 15.6. The van der Waals surface area contributed by atoms with Crippen molar-refractivity contribution < 1.29 is 37.1 Å². The Morgan fingerprint density at radius 3 is 2.27 bits per heavy atom. The number of nitrogens with one attached hydrogen (secondary N) is 3. The van der Waals surface area contributed by atoms with Crippen molar-refractivity contribution in [2.45, 2.75) is 89.8 Å². The molecule has 0 bridgehead atoms. The van der Waals surface area contributed by atoms with Gasteiger partial charge in [-0.05, 0) is 69.3 Å². The van der Waals surface area contributed by atoms with E-state index in [0.29, 0.717) is 25.2 Å². The third kappa shape index (κ3) is 9.11. The number of carbonyl (C=O) groups is 3. The van der Waals surface area contributed by atoms with Gasteiger partial charge in [-0.2, -0.15) is 18.3 Å². The van der Waals surface area contributed by atoms with Gasteiger partial charge in [-0.3, -0.25) is 24.0 Å². The number of aryl methyl sites for hydroxylation is 1. The zero-order valence-electron chi connectivity index (χ0n) is 27.9. The second kappa shape index (κ2) is 16.2. The van der Waals surface area contributed by atoms with Crippen molar-refractivity contribution in [1.29, 1.82) is 0 Å². The summed E-state index contributed by atoms with van der Waals surface area (Å²) in [4.78, 5) is 43.3. The van der Waals surface area contributed by atoms with Crippen molar-refractivity contribution in [3.63, 3.8) is 0 Å². The van der Waals surface area contributed by atoms with Crippen molar-refractivity contribution in [3.8, 4) is 0 Å². The minimum absolute atomic E-state index is 0.0506. The summed E-state index contributed by atoms with van der Waals surface area (Å²) in [6.07, 6.45) is -4.00. The Bertz CT molecular complexity index is 1400. The van der Waals surface area contributed by atoms with E-state index in [1.54, 1.807) is 26.8 Å². The molecule has 1 aliphatic carbocycles. The topological polar surface area (TPSA) is 132 Å². The van der Waals surface area contributed by atoms with Gasteiger partial charge in [0.05, 0.1) is 17.6 Å². The maximum Gasteiger partial charge on any atom is 0.391 e. The molecule has 1 aromatic heterocycles. The van der Waals surface area contributed by atoms with Gasteiger partial charge < -0.3 is 26.0 Å². The molecule has 1 unspecified atom stereocenters. The van der Waals surface area contributed by atoms with Crippen LogP contribution in [0.3, 0.4) is 0 Å². The van der Waals surface area contributed by atoms with Crippen molar-refractivity contribution in [2.75, 3.05) is 38.5 Å². The van der Waals surface area contributed by atoms with Gasteiger partial charge in [0, 0.05) is 51.3 Å². The van der Waals surface area contributed by atoms with Crippen LogP contribution >= 0.6 is 0 Å². The fraction of sp³-hybridized carbons (Fsp3) is 0.636. The number of hydrogen-bond donors (Lipinski definition) is 4. The van der Waals surface area contributed by atoms with Gasteiger partial charge in [-0.1, -0.05) is 19.9 Å². The summed E-state index contributed by atoms with van der Waals surface area (Å²) < 4.78 is 57.2. The lowest BCUT2D eigenvalue weighted by molar-refractivity contribution is -0.184. The molecule has 4 N–H and O–H groups in total. The number of benzene rings is 1. The van der Waals surface area contributed by atoms with Crippen LogP contribution in [0.15, 0.2) is 30.5 Å². The molecule has 2 aliphatic rings. The average Bonchev–Trinajstić information content (AvgIpc) is 3.55. The quantitative estimate of drug-likeness (QED) is 0.251. The Morgan fingerprint density at radius 1 is 1.02 bits per heavy atom. The monoisotopic (exact) mass is 681 g/mol. The van der Waals surface area contributed by atoms with E-state index >= 15 is 4.39 Å². The fourth-order valence-corrected chi connectivity index (χ4v) is 6.56. The predicted molar refractivity (Wildman–Crippen MR) is 171 cm³/mol. The number of hydrogen-bond acceptors (Lipinski definition) is 7. The molecule has 11 nitrogen and oxygen atoms in total. The zero-order valence-corrected chi connectivity index (χ0v) is 27.9. The number of aliphatic hydroxyl groups excluding tert-OH is 1. The minimum atomic E-state index is -4.35. The van der Waals surface area contributed by atoms with E-state index in [2.05, 4.69) is 25.9 Å². The molecule has 2 aromatic rings. The highest BCUT2D eigenvalue weighted by molar-refractivity contribution is 6.00. The molecule has 266 valence electrons. The first-order chi connectivity index (χ1) is 22.7. The van der Waals surface area contributed by atoms with E-state index in [1.807, 2.05) is 11.9 Å². The van der Waals surface area contributed by atoms with Gasteiger partial charge in [-0.15, -0.1) is 0 Å². The molecule has 1 saturated heterocycles. The highest BCUT2D eigenvalue weighted by Gasteiger charge is 2.44. The average molecular weight is 682 g/mol. The summed E-state index contributed by atoms with van der Waals surface area (Å²) in [5.74, 6) is -5.01. The number of amides is 3. The summed E-state index contributed by atoms with van der Waals surface area (Å²) >= 11 is 0. The van der Waals surface area contributed by atoms with Crippen LogP contribution in [0, 0.1) is 17.7 Å². The Balaban J connectivity index is 1.53. The standard InChI is InChI=1S/C33H47F4N7O4/c1-5-27(45)40-28(32(48)43-17-15-42(4)16-18-43)20(3)22-9-12-25(24(34)19-22)39-31(47)29(21-7-10-23(11-8-21)33(35,36)37)41-30(46)26-13-14-38-44(26)6-2/h9,12-14,19-21,23,28-29,32,48H,5-8,10-11,15-18H2,1-4H3,(H,39,47)(H,40,45)(H,41,46)/t20-,21?,23?,28+,29-,32?/m0/s1. The number of likely N-dealkylation sites (N-methyl/N-ethyl adjacent to an activating group) is 1. The third-order valence-electron chi connectivity index (χ3n) is 9.72. The number of alkyl halides is 3. The number of aromatic nitrogens is 2. The van der Waals surface area contributed by atoms with Crippen LogP contribution < -0.4 is 16.0 Å². The molecule has 48 heavy (non-hydrogen) atoms. The van der Waals surface area contributed by atoms with Gasteiger partial charge >= 0.3 is 6.18 Å². The maximum absolute atomic E-state index is 15.6. The summed E-state index contributed by atoms with van der Waals surface area (Å²) in [6, 6.07) is 3.69. The van der Waals surface area contributed by atoms with Crippen LogP contribution in [0.2, 0.25) is 0 Å². The van der Waals surface area contributed by atoms with Crippen molar-refractivity contribution in [2.24, 2.45) is 11.8 Å². The molecule has 0 radical (unpaired) electrons. The molecular formula is C33H47F4N7O4. The number of carbonyl (C=O) groups excluding carboxylic acids is 3. The number of halogens is 4. The van der Waals surface area contributed by atoms with Crippen LogP contribution in [0.4, 0.5) is 23.2 Å². The summed E-state index contributed by atoms with van der Waals surface area (Å²) in [5, 5.41) is 23.5. The molecule has 3 amide bonds. The number of aliphatic hydroxyl groups is 1. The van der Waals surface area contributed by atoms with E-state index in [9.17, 15) is 32.7 Å². The molecular weight excluding hydrogens is 634 g/mol. The van der Waals surface area contributed by atoms with E-state index in [4.69, 9.17) is 0 Å². The van der Waals surface area contributed by atoms with E-state index in [0.717, 1.165) is 13.1 Å². The highest BCUT2D eigenvalue weighted by atomic mass is 19.4. The molecule has 1 aromatic carbocycles. The largest absolute Gasteiger partial charge is 0.391 e. The summed E-state index contributed by atoms with van der Waals surface area (Å²) in [7, 11) is 1.99. The first-order valence-corrected chi connectivity index (χ1v) is 16.6. The van der Waals surface area contributed by atoms with Crippen molar-refractivity contribution >= 4 is 23.4 Å². The lowest BCUT2D eigenvalue weighted by Gasteiger charge is -2.40. The van der Waals surface area contributed by atoms with E-state index in [-0.39, 0.29) is 49.4 Å². The Labute approximate surface area is 278 Å². The number of piperazine rings is 1. The van der Waals surface area contributed by atoms with Crippen LogP contribution in [0.5, 0.6) is 0 Å². The van der Waals surface area contributed by atoms with E-state index < -0.39 is 59.9 Å². The molecule has 1 saturated carbocycles. The second-order valence-corrected chi connectivity index (χ2v) is 12.9. The smallest absolute Gasteiger partial charge is 0.376 e. The van der Waals surface area contributed by atoms with Crippen LogP contribution in [-0.2, 0) is 16.1 Å². The van der Waals surface area contributed by atoms with Crippen molar-refractivity contribution in [3.05, 3.63) is 47.5 Å². The molecule has 4 rings (SSSR count). The Kier molecular flexibility index (Phi) is 12.6. The molecule has 1 aliphatic heterocycles. The fourth-order valence-electron chi connectivity index (χ4n) is 6.56. The van der Waals surface area contributed by atoms with Gasteiger partial charge in [0.1, 0.15) is 23.8 Å². The Morgan fingerprint density at radius 2 is 1.69 bits per heavy atom. The number of rotatable bonds is 12. The molecule has 4 atom stereocenters. The highest BCUT2D eigenvalue weighted by Crippen LogP contribution is 2.40. The predicted octanol–water partition coefficient (Wildman–Crippen LogP) is 3.71. The molecule has 2 heterocycles. The molecule has 15 heteroatoms. The normalized spacial score (nSPS) is 21.9. The van der Waals surface area contributed by atoms with Gasteiger partial charge in [-0.25, -0.2) is 4.39 Å². The Hall–Kier alpha value is -3.56. The molecule has 0 spiro atoms.